The Hall–Kier alpha value is -2.33. The zero-order valence-corrected chi connectivity index (χ0v) is 16.3. The SMILES string of the molecule is Cc1ccc(CN2CCN(C(=O)Nc3c(C)cc(C)cc3C)CC2)cc1. The standard InChI is InChI=1S/C22H29N3O/c1-16-5-7-20(8-6-16)15-24-9-11-25(12-10-24)22(26)23-21-18(3)13-17(2)14-19(21)4/h5-8,13-14H,9-12,15H2,1-4H3,(H,23,26). The molecule has 1 saturated heterocycles. The van der Waals surface area contributed by atoms with Crippen LogP contribution in [-0.2, 0) is 6.54 Å². The van der Waals surface area contributed by atoms with Crippen molar-refractivity contribution < 1.29 is 4.79 Å². The lowest BCUT2D eigenvalue weighted by Crippen LogP contribution is -2.49. The molecule has 0 spiro atoms. The maximum absolute atomic E-state index is 12.7. The fourth-order valence-corrected chi connectivity index (χ4v) is 3.62. The molecule has 3 rings (SSSR count). The number of piperazine rings is 1. The van der Waals surface area contributed by atoms with Crippen molar-refractivity contribution in [1.82, 2.24) is 9.80 Å². The first kappa shape index (κ1) is 18.5. The minimum Gasteiger partial charge on any atom is -0.322 e. The molecule has 0 saturated carbocycles. The number of carbonyl (C=O) groups excluding carboxylic acids is 1. The van der Waals surface area contributed by atoms with E-state index in [-0.39, 0.29) is 6.03 Å². The van der Waals surface area contributed by atoms with Gasteiger partial charge >= 0.3 is 6.03 Å². The van der Waals surface area contributed by atoms with Gasteiger partial charge in [0.1, 0.15) is 0 Å². The van der Waals surface area contributed by atoms with Crippen LogP contribution in [0, 0.1) is 27.7 Å². The molecule has 0 atom stereocenters. The van der Waals surface area contributed by atoms with Crippen molar-refractivity contribution in [3.8, 4) is 0 Å². The van der Waals surface area contributed by atoms with Gasteiger partial charge in [-0.3, -0.25) is 4.90 Å². The van der Waals surface area contributed by atoms with Gasteiger partial charge in [-0.1, -0.05) is 47.5 Å². The summed E-state index contributed by atoms with van der Waals surface area (Å²) in [6.45, 7) is 12.6. The number of rotatable bonds is 3. The van der Waals surface area contributed by atoms with Crippen LogP contribution in [0.1, 0.15) is 27.8 Å². The van der Waals surface area contributed by atoms with Gasteiger partial charge in [0.05, 0.1) is 0 Å². The fourth-order valence-electron chi connectivity index (χ4n) is 3.62. The summed E-state index contributed by atoms with van der Waals surface area (Å²) in [7, 11) is 0. The zero-order valence-electron chi connectivity index (χ0n) is 16.3. The summed E-state index contributed by atoms with van der Waals surface area (Å²) in [5.74, 6) is 0. The van der Waals surface area contributed by atoms with Crippen molar-refractivity contribution in [3.63, 3.8) is 0 Å². The second-order valence-corrected chi connectivity index (χ2v) is 7.45. The number of anilines is 1. The lowest BCUT2D eigenvalue weighted by Gasteiger charge is -2.35. The Balaban J connectivity index is 1.54. The summed E-state index contributed by atoms with van der Waals surface area (Å²) in [5, 5.41) is 3.11. The molecule has 1 aliphatic heterocycles. The predicted molar refractivity (Wildman–Crippen MR) is 108 cm³/mol. The maximum Gasteiger partial charge on any atom is 0.321 e. The van der Waals surface area contributed by atoms with Gasteiger partial charge in [-0.15, -0.1) is 0 Å². The third-order valence-electron chi connectivity index (χ3n) is 5.10. The van der Waals surface area contributed by atoms with E-state index in [1.807, 2.05) is 4.90 Å². The largest absolute Gasteiger partial charge is 0.322 e. The van der Waals surface area contributed by atoms with Crippen LogP contribution in [0.5, 0.6) is 0 Å². The molecule has 2 aromatic carbocycles. The van der Waals surface area contributed by atoms with Crippen molar-refractivity contribution in [1.29, 1.82) is 0 Å². The van der Waals surface area contributed by atoms with Gasteiger partial charge in [0.15, 0.2) is 0 Å². The van der Waals surface area contributed by atoms with Gasteiger partial charge in [0.25, 0.3) is 0 Å². The number of nitrogens with one attached hydrogen (secondary N) is 1. The van der Waals surface area contributed by atoms with Crippen molar-refractivity contribution in [2.24, 2.45) is 0 Å². The highest BCUT2D eigenvalue weighted by Gasteiger charge is 2.22. The summed E-state index contributed by atoms with van der Waals surface area (Å²) >= 11 is 0. The van der Waals surface area contributed by atoms with E-state index in [9.17, 15) is 4.79 Å². The van der Waals surface area contributed by atoms with E-state index in [2.05, 4.69) is 74.3 Å². The first-order chi connectivity index (χ1) is 12.4. The Morgan fingerprint density at radius 3 is 2.04 bits per heavy atom. The molecule has 0 aromatic heterocycles. The average Bonchev–Trinajstić information content (AvgIpc) is 2.60. The van der Waals surface area contributed by atoms with Crippen LogP contribution in [0.3, 0.4) is 0 Å². The van der Waals surface area contributed by atoms with Crippen molar-refractivity contribution >= 4 is 11.7 Å². The number of amides is 2. The van der Waals surface area contributed by atoms with Gasteiger partial charge in [0, 0.05) is 38.4 Å². The third-order valence-corrected chi connectivity index (χ3v) is 5.10. The van der Waals surface area contributed by atoms with Gasteiger partial charge in [-0.05, 0) is 44.4 Å². The van der Waals surface area contributed by atoms with Crippen molar-refractivity contribution in [2.45, 2.75) is 34.2 Å². The number of aryl methyl sites for hydroxylation is 4. The smallest absolute Gasteiger partial charge is 0.321 e. The Morgan fingerprint density at radius 1 is 0.885 bits per heavy atom. The number of benzene rings is 2. The van der Waals surface area contributed by atoms with Gasteiger partial charge in [-0.25, -0.2) is 4.79 Å². The lowest BCUT2D eigenvalue weighted by molar-refractivity contribution is 0.143. The molecule has 1 fully saturated rings. The van der Waals surface area contributed by atoms with Crippen LogP contribution in [-0.4, -0.2) is 42.0 Å². The Labute approximate surface area is 156 Å². The van der Waals surface area contributed by atoms with Crippen LogP contribution in [0.15, 0.2) is 36.4 Å². The van der Waals surface area contributed by atoms with Gasteiger partial charge < -0.3 is 10.2 Å². The highest BCUT2D eigenvalue weighted by Crippen LogP contribution is 2.22. The molecule has 0 unspecified atom stereocenters. The molecule has 1 aliphatic rings. The topological polar surface area (TPSA) is 35.6 Å². The van der Waals surface area contributed by atoms with E-state index < -0.39 is 0 Å². The Morgan fingerprint density at radius 2 is 1.46 bits per heavy atom. The van der Waals surface area contributed by atoms with Crippen molar-refractivity contribution in [3.05, 3.63) is 64.2 Å². The molecule has 0 bridgehead atoms. The normalized spacial score (nSPS) is 15.2. The van der Waals surface area contributed by atoms with Crippen LogP contribution in [0.4, 0.5) is 10.5 Å². The lowest BCUT2D eigenvalue weighted by atomic mass is 10.1. The minimum atomic E-state index is 0.00930. The monoisotopic (exact) mass is 351 g/mol. The Kier molecular flexibility index (Phi) is 5.62. The van der Waals surface area contributed by atoms with E-state index >= 15 is 0 Å². The van der Waals surface area contributed by atoms with E-state index in [0.717, 1.165) is 49.5 Å². The number of hydrogen-bond acceptors (Lipinski definition) is 2. The summed E-state index contributed by atoms with van der Waals surface area (Å²) in [5.41, 5.74) is 7.03. The second-order valence-electron chi connectivity index (χ2n) is 7.45. The van der Waals surface area contributed by atoms with Gasteiger partial charge in [0.2, 0.25) is 0 Å². The van der Waals surface area contributed by atoms with Crippen molar-refractivity contribution in [2.75, 3.05) is 31.5 Å². The minimum absolute atomic E-state index is 0.00930. The molecule has 138 valence electrons. The molecular formula is C22H29N3O. The summed E-state index contributed by atoms with van der Waals surface area (Å²) in [6.07, 6.45) is 0. The number of nitrogens with zero attached hydrogens (tertiary/aromatic N) is 2. The van der Waals surface area contributed by atoms with E-state index in [0.29, 0.717) is 0 Å². The third kappa shape index (κ3) is 4.44. The maximum atomic E-state index is 12.7. The molecule has 2 amide bonds. The quantitative estimate of drug-likeness (QED) is 0.896. The number of hydrogen-bond donors (Lipinski definition) is 1. The average molecular weight is 351 g/mol. The van der Waals surface area contributed by atoms with Crippen LogP contribution < -0.4 is 5.32 Å². The molecule has 0 radical (unpaired) electrons. The van der Waals surface area contributed by atoms with Crippen LogP contribution in [0.25, 0.3) is 0 Å². The Bertz CT molecular complexity index is 751. The van der Waals surface area contributed by atoms with Crippen LogP contribution >= 0.6 is 0 Å². The van der Waals surface area contributed by atoms with Gasteiger partial charge in [-0.2, -0.15) is 0 Å². The molecule has 4 heteroatoms. The highest BCUT2D eigenvalue weighted by atomic mass is 16.2. The number of carbonyl (C=O) groups is 1. The summed E-state index contributed by atoms with van der Waals surface area (Å²) < 4.78 is 0. The van der Waals surface area contributed by atoms with E-state index in [1.54, 1.807) is 0 Å². The zero-order chi connectivity index (χ0) is 18.7. The highest BCUT2D eigenvalue weighted by molar-refractivity contribution is 5.91. The molecule has 1 N–H and O–H groups in total. The van der Waals surface area contributed by atoms with E-state index in [1.165, 1.54) is 16.7 Å². The molecule has 0 aliphatic carbocycles. The molecule has 2 aromatic rings. The molecule has 26 heavy (non-hydrogen) atoms. The summed E-state index contributed by atoms with van der Waals surface area (Å²) in [6, 6.07) is 12.9. The predicted octanol–water partition coefficient (Wildman–Crippen LogP) is 4.27. The molecule has 4 nitrogen and oxygen atoms in total. The van der Waals surface area contributed by atoms with E-state index in [4.69, 9.17) is 0 Å². The summed E-state index contributed by atoms with van der Waals surface area (Å²) in [4.78, 5) is 17.0. The first-order valence-corrected chi connectivity index (χ1v) is 9.34. The molecule has 1 heterocycles. The second kappa shape index (κ2) is 7.92. The first-order valence-electron chi connectivity index (χ1n) is 9.34. The van der Waals surface area contributed by atoms with Crippen LogP contribution in [0.2, 0.25) is 0 Å². The fraction of sp³-hybridized carbons (Fsp3) is 0.409. The number of urea groups is 1. The molecular weight excluding hydrogens is 322 g/mol.